The van der Waals surface area contributed by atoms with Gasteiger partial charge in [0.25, 0.3) is 0 Å². The molecule has 170 valence electrons. The lowest BCUT2D eigenvalue weighted by Gasteiger charge is -2.17. The lowest BCUT2D eigenvalue weighted by atomic mass is 9.98. The molecule has 7 nitrogen and oxygen atoms in total. The first-order valence-corrected chi connectivity index (χ1v) is 11.0. The summed E-state index contributed by atoms with van der Waals surface area (Å²) >= 11 is 0. The first-order valence-electron chi connectivity index (χ1n) is 11.0. The van der Waals surface area contributed by atoms with Crippen molar-refractivity contribution in [2.45, 2.75) is 45.1 Å². The number of aliphatic carboxylic acids is 1. The standard InChI is InChI=1S/C25H30N2O5/c1-3-22(24(29)30)27-23(28)16(2)9-8-14-26-25(31)32-15-21-19-12-6-4-10-17(19)18-11-5-7-13-20(18)21/h4-7,10-13,16,21-22H,3,8-9,14-15H2,1-2H3,(H,26,31)(H,27,28)(H,29,30)/t16?,22-/m0/s1. The van der Waals surface area contributed by atoms with Crippen LogP contribution < -0.4 is 10.6 Å². The van der Waals surface area contributed by atoms with Gasteiger partial charge < -0.3 is 20.5 Å². The third-order valence-electron chi connectivity index (χ3n) is 5.90. The number of rotatable bonds is 10. The minimum Gasteiger partial charge on any atom is -0.480 e. The number of carbonyl (C=O) groups is 3. The van der Waals surface area contributed by atoms with E-state index in [1.807, 2.05) is 24.3 Å². The van der Waals surface area contributed by atoms with Gasteiger partial charge in [-0.25, -0.2) is 9.59 Å². The van der Waals surface area contributed by atoms with Crippen LogP contribution in [0.3, 0.4) is 0 Å². The van der Waals surface area contributed by atoms with Gasteiger partial charge >= 0.3 is 12.1 Å². The van der Waals surface area contributed by atoms with E-state index in [-0.39, 0.29) is 24.3 Å². The van der Waals surface area contributed by atoms with Crippen molar-refractivity contribution in [2.75, 3.05) is 13.2 Å². The Labute approximate surface area is 188 Å². The lowest BCUT2D eigenvalue weighted by Crippen LogP contribution is -2.42. The highest BCUT2D eigenvalue weighted by Crippen LogP contribution is 2.44. The van der Waals surface area contributed by atoms with Crippen molar-refractivity contribution < 1.29 is 24.2 Å². The molecule has 0 bridgehead atoms. The molecule has 1 aliphatic rings. The number of alkyl carbamates (subject to hydrolysis) is 1. The van der Waals surface area contributed by atoms with Crippen LogP contribution in [-0.4, -0.2) is 42.3 Å². The number of hydrogen-bond acceptors (Lipinski definition) is 4. The van der Waals surface area contributed by atoms with E-state index in [9.17, 15) is 14.4 Å². The molecular weight excluding hydrogens is 408 g/mol. The third-order valence-corrected chi connectivity index (χ3v) is 5.90. The summed E-state index contributed by atoms with van der Waals surface area (Å²) in [5, 5.41) is 14.3. The number of carbonyl (C=O) groups excluding carboxylic acids is 2. The number of hydrogen-bond donors (Lipinski definition) is 3. The molecule has 2 aromatic carbocycles. The summed E-state index contributed by atoms with van der Waals surface area (Å²) in [6.07, 6.45) is 0.964. The molecule has 2 atom stereocenters. The summed E-state index contributed by atoms with van der Waals surface area (Å²) in [5.74, 6) is -1.66. The number of carboxylic acid groups (broad SMARTS) is 1. The Morgan fingerprint density at radius 1 is 1.03 bits per heavy atom. The first-order chi connectivity index (χ1) is 15.4. The van der Waals surface area contributed by atoms with Crippen LogP contribution in [0, 0.1) is 5.92 Å². The summed E-state index contributed by atoms with van der Waals surface area (Å²) in [5.41, 5.74) is 4.68. The van der Waals surface area contributed by atoms with E-state index in [2.05, 4.69) is 34.9 Å². The molecule has 0 heterocycles. The second-order valence-electron chi connectivity index (χ2n) is 8.10. The number of fused-ring (bicyclic) bond motifs is 3. The van der Waals surface area contributed by atoms with Gasteiger partial charge in [-0.05, 0) is 41.5 Å². The minimum absolute atomic E-state index is 0.0117. The third kappa shape index (κ3) is 5.46. The van der Waals surface area contributed by atoms with E-state index in [0.717, 1.165) is 11.1 Å². The van der Waals surface area contributed by atoms with Crippen molar-refractivity contribution in [3.8, 4) is 11.1 Å². The van der Waals surface area contributed by atoms with Gasteiger partial charge in [0.15, 0.2) is 0 Å². The Kier molecular flexibility index (Phi) is 7.87. The van der Waals surface area contributed by atoms with Crippen LogP contribution in [0.25, 0.3) is 11.1 Å². The van der Waals surface area contributed by atoms with Crippen LogP contribution in [0.4, 0.5) is 4.79 Å². The number of carboxylic acids is 1. The zero-order valence-corrected chi connectivity index (χ0v) is 18.5. The van der Waals surface area contributed by atoms with Crippen molar-refractivity contribution in [3.63, 3.8) is 0 Å². The quantitative estimate of drug-likeness (QED) is 0.488. The van der Waals surface area contributed by atoms with Gasteiger partial charge in [0, 0.05) is 18.4 Å². The Bertz CT molecular complexity index is 929. The fourth-order valence-corrected chi connectivity index (χ4v) is 4.03. The van der Waals surface area contributed by atoms with Crippen LogP contribution in [0.5, 0.6) is 0 Å². The molecule has 0 aliphatic heterocycles. The second-order valence-corrected chi connectivity index (χ2v) is 8.10. The molecule has 3 rings (SSSR count). The molecule has 1 unspecified atom stereocenters. The normalized spacial score (nSPS) is 14.1. The molecule has 0 aromatic heterocycles. The van der Waals surface area contributed by atoms with Crippen LogP contribution in [-0.2, 0) is 14.3 Å². The molecule has 2 amide bonds. The minimum atomic E-state index is -1.04. The summed E-state index contributed by atoms with van der Waals surface area (Å²) in [6.45, 7) is 4.09. The van der Waals surface area contributed by atoms with E-state index in [1.165, 1.54) is 11.1 Å². The van der Waals surface area contributed by atoms with Crippen molar-refractivity contribution in [1.82, 2.24) is 10.6 Å². The summed E-state index contributed by atoms with van der Waals surface area (Å²) in [7, 11) is 0. The molecule has 1 aliphatic carbocycles. The molecule has 2 aromatic rings. The summed E-state index contributed by atoms with van der Waals surface area (Å²) < 4.78 is 5.49. The molecule has 32 heavy (non-hydrogen) atoms. The number of ether oxygens (including phenoxy) is 1. The molecule has 0 saturated heterocycles. The summed E-state index contributed by atoms with van der Waals surface area (Å²) in [6, 6.07) is 15.5. The second kappa shape index (κ2) is 10.8. The molecule has 0 saturated carbocycles. The molecule has 0 spiro atoms. The van der Waals surface area contributed by atoms with Crippen molar-refractivity contribution in [1.29, 1.82) is 0 Å². The fourth-order valence-electron chi connectivity index (χ4n) is 4.03. The van der Waals surface area contributed by atoms with E-state index in [0.29, 0.717) is 25.8 Å². The highest BCUT2D eigenvalue weighted by atomic mass is 16.5. The predicted octanol–water partition coefficient (Wildman–Crippen LogP) is 3.92. The van der Waals surface area contributed by atoms with E-state index in [1.54, 1.807) is 13.8 Å². The van der Waals surface area contributed by atoms with Gasteiger partial charge in [0.2, 0.25) is 5.91 Å². The van der Waals surface area contributed by atoms with Gasteiger partial charge in [-0.2, -0.15) is 0 Å². The van der Waals surface area contributed by atoms with Gasteiger partial charge in [-0.1, -0.05) is 62.4 Å². The fraction of sp³-hybridized carbons (Fsp3) is 0.400. The molecule has 0 radical (unpaired) electrons. The Hall–Kier alpha value is -3.35. The first kappa shape index (κ1) is 23.3. The van der Waals surface area contributed by atoms with Crippen molar-refractivity contribution >= 4 is 18.0 Å². The Balaban J connectivity index is 1.42. The number of nitrogens with one attached hydrogen (secondary N) is 2. The van der Waals surface area contributed by atoms with Gasteiger partial charge in [-0.3, -0.25) is 4.79 Å². The highest BCUT2D eigenvalue weighted by Gasteiger charge is 2.29. The smallest absolute Gasteiger partial charge is 0.407 e. The van der Waals surface area contributed by atoms with Crippen LogP contribution >= 0.6 is 0 Å². The maximum absolute atomic E-state index is 12.2. The van der Waals surface area contributed by atoms with Crippen LogP contribution in [0.15, 0.2) is 48.5 Å². The number of benzene rings is 2. The maximum Gasteiger partial charge on any atom is 0.407 e. The van der Waals surface area contributed by atoms with Gasteiger partial charge in [0.1, 0.15) is 12.6 Å². The average Bonchev–Trinajstić information content (AvgIpc) is 3.12. The topological polar surface area (TPSA) is 105 Å². The Morgan fingerprint density at radius 3 is 2.19 bits per heavy atom. The zero-order chi connectivity index (χ0) is 23.1. The van der Waals surface area contributed by atoms with Crippen molar-refractivity contribution in [2.24, 2.45) is 5.92 Å². The average molecular weight is 439 g/mol. The van der Waals surface area contributed by atoms with Crippen LogP contribution in [0.2, 0.25) is 0 Å². The summed E-state index contributed by atoms with van der Waals surface area (Å²) in [4.78, 5) is 35.3. The van der Waals surface area contributed by atoms with Gasteiger partial charge in [0.05, 0.1) is 0 Å². The highest BCUT2D eigenvalue weighted by molar-refractivity contribution is 5.84. The van der Waals surface area contributed by atoms with E-state index in [4.69, 9.17) is 9.84 Å². The molecule has 3 N–H and O–H groups in total. The molecular formula is C25H30N2O5. The van der Waals surface area contributed by atoms with Crippen molar-refractivity contribution in [3.05, 3.63) is 59.7 Å². The van der Waals surface area contributed by atoms with Gasteiger partial charge in [-0.15, -0.1) is 0 Å². The predicted molar refractivity (Wildman–Crippen MR) is 121 cm³/mol. The lowest BCUT2D eigenvalue weighted by molar-refractivity contribution is -0.142. The Morgan fingerprint density at radius 2 is 1.62 bits per heavy atom. The number of amides is 2. The molecule has 7 heteroatoms. The van der Waals surface area contributed by atoms with E-state index >= 15 is 0 Å². The van der Waals surface area contributed by atoms with Crippen LogP contribution in [0.1, 0.15) is 50.2 Å². The zero-order valence-electron chi connectivity index (χ0n) is 18.5. The largest absolute Gasteiger partial charge is 0.480 e. The van der Waals surface area contributed by atoms with E-state index < -0.39 is 18.1 Å². The monoisotopic (exact) mass is 438 g/mol. The molecule has 0 fully saturated rings. The SMILES string of the molecule is CC[C@H](NC(=O)C(C)CCCNC(=O)OCC1c2ccccc2-c2ccccc21)C(=O)O. The maximum atomic E-state index is 12.2.